The Morgan fingerprint density at radius 2 is 1.96 bits per heavy atom. The van der Waals surface area contributed by atoms with Crippen molar-refractivity contribution in [2.24, 2.45) is 4.99 Å². The Labute approximate surface area is 157 Å². The first-order valence-electron chi connectivity index (χ1n) is 8.04. The zero-order chi connectivity index (χ0) is 18.1. The minimum Gasteiger partial charge on any atom is -0.356 e. The number of amides is 1. The fourth-order valence-electron chi connectivity index (χ4n) is 2.01. The molecule has 1 aromatic carbocycles. The topological polar surface area (TPSA) is 56.7 Å². The van der Waals surface area contributed by atoms with Crippen molar-refractivity contribution < 1.29 is 4.79 Å². The molecule has 0 unspecified atom stereocenters. The highest BCUT2D eigenvalue weighted by atomic mass is 35.5. The van der Waals surface area contributed by atoms with E-state index in [2.05, 4.69) is 27.1 Å². The molecule has 0 saturated carbocycles. The number of aliphatic imine (C=N–C) groups is 1. The second-order valence-electron chi connectivity index (χ2n) is 5.69. The van der Waals surface area contributed by atoms with Crippen LogP contribution < -0.4 is 10.6 Å². The van der Waals surface area contributed by atoms with Crippen molar-refractivity contribution in [3.8, 4) is 0 Å². The number of likely N-dealkylation sites (N-methyl/N-ethyl adjacent to an activating group) is 1. The van der Waals surface area contributed by atoms with Crippen molar-refractivity contribution in [1.29, 1.82) is 0 Å². The summed E-state index contributed by atoms with van der Waals surface area (Å²) in [4.78, 5) is 19.2. The summed E-state index contributed by atoms with van der Waals surface area (Å²) < 4.78 is 0. The lowest BCUT2D eigenvalue weighted by Gasteiger charge is -2.15. The smallest absolute Gasteiger partial charge is 0.241 e. The third-order valence-electron chi connectivity index (χ3n) is 3.48. The Bertz CT molecular complexity index is 684. The number of rotatable bonds is 7. The van der Waals surface area contributed by atoms with Gasteiger partial charge in [-0.05, 0) is 35.6 Å². The van der Waals surface area contributed by atoms with Gasteiger partial charge in [0.05, 0.1) is 13.1 Å². The van der Waals surface area contributed by atoms with E-state index in [4.69, 9.17) is 11.6 Å². The molecule has 7 heteroatoms. The lowest BCUT2D eigenvalue weighted by Crippen LogP contribution is -2.43. The van der Waals surface area contributed by atoms with Gasteiger partial charge in [-0.1, -0.05) is 29.8 Å². The van der Waals surface area contributed by atoms with Crippen molar-refractivity contribution in [2.45, 2.75) is 13.0 Å². The SMILES string of the molecule is CN(C)C(=O)CNC(=NCc1ccc(Cl)cc1)NCCc1cccs1. The van der Waals surface area contributed by atoms with Gasteiger partial charge in [0, 0.05) is 30.5 Å². The quantitative estimate of drug-likeness (QED) is 0.575. The molecule has 2 aromatic rings. The van der Waals surface area contributed by atoms with Gasteiger partial charge in [-0.2, -0.15) is 0 Å². The van der Waals surface area contributed by atoms with Gasteiger partial charge in [-0.25, -0.2) is 4.99 Å². The molecule has 2 N–H and O–H groups in total. The van der Waals surface area contributed by atoms with E-state index in [-0.39, 0.29) is 12.5 Å². The van der Waals surface area contributed by atoms with Crippen molar-refractivity contribution in [2.75, 3.05) is 27.2 Å². The van der Waals surface area contributed by atoms with Crippen LogP contribution in [-0.4, -0.2) is 44.0 Å². The summed E-state index contributed by atoms with van der Waals surface area (Å²) in [6.07, 6.45) is 0.918. The molecule has 0 atom stereocenters. The van der Waals surface area contributed by atoms with Gasteiger partial charge < -0.3 is 15.5 Å². The van der Waals surface area contributed by atoms with Crippen molar-refractivity contribution in [1.82, 2.24) is 15.5 Å². The molecule has 0 spiro atoms. The van der Waals surface area contributed by atoms with E-state index in [1.54, 1.807) is 30.3 Å². The number of carbonyl (C=O) groups excluding carboxylic acids is 1. The summed E-state index contributed by atoms with van der Waals surface area (Å²) in [5.74, 6) is 0.626. The molecule has 25 heavy (non-hydrogen) atoms. The van der Waals surface area contributed by atoms with Gasteiger partial charge in [-0.15, -0.1) is 11.3 Å². The van der Waals surface area contributed by atoms with E-state index in [0.717, 1.165) is 18.5 Å². The molecule has 0 saturated heterocycles. The Balaban J connectivity index is 1.92. The lowest BCUT2D eigenvalue weighted by atomic mass is 10.2. The fraction of sp³-hybridized carbons (Fsp3) is 0.333. The van der Waals surface area contributed by atoms with Gasteiger partial charge in [0.25, 0.3) is 0 Å². The normalized spacial score (nSPS) is 11.2. The molecule has 2 rings (SSSR count). The predicted molar refractivity (Wildman–Crippen MR) is 105 cm³/mol. The van der Waals surface area contributed by atoms with Gasteiger partial charge in [-0.3, -0.25) is 4.79 Å². The van der Waals surface area contributed by atoms with Gasteiger partial charge in [0.2, 0.25) is 5.91 Å². The Morgan fingerprint density at radius 1 is 1.20 bits per heavy atom. The third-order valence-corrected chi connectivity index (χ3v) is 4.67. The Hall–Kier alpha value is -2.05. The monoisotopic (exact) mass is 378 g/mol. The maximum Gasteiger partial charge on any atom is 0.241 e. The number of carbonyl (C=O) groups is 1. The number of nitrogens with zero attached hydrogens (tertiary/aromatic N) is 2. The first-order chi connectivity index (χ1) is 12.0. The summed E-state index contributed by atoms with van der Waals surface area (Å²) in [5.41, 5.74) is 1.06. The van der Waals surface area contributed by atoms with Crippen LogP contribution in [0.5, 0.6) is 0 Å². The molecule has 0 fully saturated rings. The highest BCUT2D eigenvalue weighted by Gasteiger charge is 2.06. The van der Waals surface area contributed by atoms with Crippen LogP contribution in [0, 0.1) is 0 Å². The van der Waals surface area contributed by atoms with E-state index >= 15 is 0 Å². The van der Waals surface area contributed by atoms with Gasteiger partial charge >= 0.3 is 0 Å². The zero-order valence-corrected chi connectivity index (χ0v) is 16.0. The predicted octanol–water partition coefficient (Wildman–Crippen LogP) is 2.77. The largest absolute Gasteiger partial charge is 0.356 e. The molecule has 0 bridgehead atoms. The molecule has 0 aliphatic rings. The van der Waals surface area contributed by atoms with Crippen LogP contribution >= 0.6 is 22.9 Å². The van der Waals surface area contributed by atoms with Crippen LogP contribution in [0.2, 0.25) is 5.02 Å². The van der Waals surface area contributed by atoms with Crippen LogP contribution in [0.4, 0.5) is 0 Å². The number of benzene rings is 1. The summed E-state index contributed by atoms with van der Waals surface area (Å²) >= 11 is 7.64. The molecule has 1 aromatic heterocycles. The average molecular weight is 379 g/mol. The molecule has 0 radical (unpaired) electrons. The average Bonchev–Trinajstić information content (AvgIpc) is 3.11. The van der Waals surface area contributed by atoms with Crippen LogP contribution in [0.15, 0.2) is 46.8 Å². The Kier molecular flexibility index (Phi) is 7.76. The zero-order valence-electron chi connectivity index (χ0n) is 14.5. The van der Waals surface area contributed by atoms with Gasteiger partial charge in [0.15, 0.2) is 5.96 Å². The van der Waals surface area contributed by atoms with Crippen molar-refractivity contribution >= 4 is 34.8 Å². The lowest BCUT2D eigenvalue weighted by molar-refractivity contribution is -0.127. The fourth-order valence-corrected chi connectivity index (χ4v) is 2.85. The number of hydrogen-bond acceptors (Lipinski definition) is 3. The minimum atomic E-state index is -0.000695. The molecular formula is C18H23ClN4OS. The summed E-state index contributed by atoms with van der Waals surface area (Å²) in [6.45, 7) is 1.48. The first-order valence-corrected chi connectivity index (χ1v) is 9.29. The second-order valence-corrected chi connectivity index (χ2v) is 7.16. The summed E-state index contributed by atoms with van der Waals surface area (Å²) in [6, 6.07) is 11.7. The van der Waals surface area contributed by atoms with Gasteiger partial charge in [0.1, 0.15) is 0 Å². The van der Waals surface area contributed by atoms with E-state index < -0.39 is 0 Å². The standard InChI is InChI=1S/C18H23ClN4OS/c1-23(2)17(24)13-22-18(20-10-9-16-4-3-11-25-16)21-12-14-5-7-15(19)8-6-14/h3-8,11H,9-10,12-13H2,1-2H3,(H2,20,21,22). The number of nitrogens with one attached hydrogen (secondary N) is 2. The summed E-state index contributed by atoms with van der Waals surface area (Å²) in [5, 5.41) is 9.14. The van der Waals surface area contributed by atoms with E-state index in [9.17, 15) is 4.79 Å². The Morgan fingerprint density at radius 3 is 2.60 bits per heavy atom. The van der Waals surface area contributed by atoms with E-state index in [0.29, 0.717) is 17.5 Å². The third kappa shape index (κ3) is 7.15. The van der Waals surface area contributed by atoms with Crippen LogP contribution in [-0.2, 0) is 17.8 Å². The summed E-state index contributed by atoms with van der Waals surface area (Å²) in [7, 11) is 3.47. The number of hydrogen-bond donors (Lipinski definition) is 2. The number of thiophene rings is 1. The van der Waals surface area contributed by atoms with E-state index in [1.165, 1.54) is 4.88 Å². The number of halogens is 1. The van der Waals surface area contributed by atoms with Crippen molar-refractivity contribution in [3.63, 3.8) is 0 Å². The van der Waals surface area contributed by atoms with Crippen LogP contribution in [0.25, 0.3) is 0 Å². The molecule has 0 aliphatic heterocycles. The molecule has 134 valence electrons. The maximum atomic E-state index is 11.8. The second kappa shape index (κ2) is 10.1. The molecule has 1 amide bonds. The molecule has 5 nitrogen and oxygen atoms in total. The van der Waals surface area contributed by atoms with Crippen LogP contribution in [0.1, 0.15) is 10.4 Å². The van der Waals surface area contributed by atoms with Crippen LogP contribution in [0.3, 0.4) is 0 Å². The first kappa shape index (κ1) is 19.3. The highest BCUT2D eigenvalue weighted by Crippen LogP contribution is 2.10. The number of guanidine groups is 1. The molecule has 0 aliphatic carbocycles. The van der Waals surface area contributed by atoms with Crippen molar-refractivity contribution in [3.05, 3.63) is 57.2 Å². The molecular weight excluding hydrogens is 356 g/mol. The minimum absolute atomic E-state index is 0.000695. The molecule has 1 heterocycles. The van der Waals surface area contributed by atoms with E-state index in [1.807, 2.05) is 30.3 Å². The maximum absolute atomic E-state index is 11.8. The highest BCUT2D eigenvalue weighted by molar-refractivity contribution is 7.09.